The molecule has 0 saturated heterocycles. The molecule has 6 heteroatoms. The van der Waals surface area contributed by atoms with Gasteiger partial charge in [-0.15, -0.1) is 5.10 Å². The number of aromatic nitrogens is 3. The Morgan fingerprint density at radius 1 is 1.40 bits per heavy atom. The number of aryl methyl sites for hydroxylation is 1. The zero-order valence-corrected chi connectivity index (χ0v) is 12.5. The highest BCUT2D eigenvalue weighted by Gasteiger charge is 2.05. The first-order valence-electron chi connectivity index (χ1n) is 7.01. The van der Waals surface area contributed by atoms with Crippen LogP contribution in [0.25, 0.3) is 0 Å². The fourth-order valence-electron chi connectivity index (χ4n) is 1.97. The van der Waals surface area contributed by atoms with Crippen LogP contribution in [0.4, 0.5) is 0 Å². The van der Waals surface area contributed by atoms with Crippen LogP contribution in [0.15, 0.2) is 22.7 Å². The molecule has 0 saturated carbocycles. The highest BCUT2D eigenvalue weighted by molar-refractivity contribution is 5.05. The maximum atomic E-state index is 5.57. The lowest BCUT2D eigenvalue weighted by Crippen LogP contribution is -2.22. The summed E-state index contributed by atoms with van der Waals surface area (Å²) in [4.78, 5) is 2.21. The Balaban J connectivity index is 1.75. The van der Waals surface area contributed by atoms with Crippen LogP contribution in [0.1, 0.15) is 24.1 Å². The maximum Gasteiger partial charge on any atom is 0.118 e. The fourth-order valence-corrected chi connectivity index (χ4v) is 1.97. The van der Waals surface area contributed by atoms with Crippen molar-refractivity contribution in [1.82, 2.24) is 25.2 Å². The van der Waals surface area contributed by atoms with E-state index in [2.05, 4.69) is 34.5 Å². The van der Waals surface area contributed by atoms with Gasteiger partial charge in [-0.25, -0.2) is 0 Å². The lowest BCUT2D eigenvalue weighted by Gasteiger charge is -2.14. The van der Waals surface area contributed by atoms with Gasteiger partial charge in [0.2, 0.25) is 0 Å². The van der Waals surface area contributed by atoms with Crippen molar-refractivity contribution in [1.29, 1.82) is 0 Å². The van der Waals surface area contributed by atoms with E-state index in [1.54, 1.807) is 0 Å². The fraction of sp³-hybridized carbons (Fsp3) is 0.571. The number of rotatable bonds is 8. The summed E-state index contributed by atoms with van der Waals surface area (Å²) in [5.41, 5.74) is 0.983. The Morgan fingerprint density at radius 3 is 2.95 bits per heavy atom. The molecule has 0 radical (unpaired) electrons. The van der Waals surface area contributed by atoms with Crippen molar-refractivity contribution in [2.24, 2.45) is 0 Å². The molecule has 20 heavy (non-hydrogen) atoms. The minimum atomic E-state index is 0.776. The van der Waals surface area contributed by atoms with Gasteiger partial charge in [0.25, 0.3) is 0 Å². The van der Waals surface area contributed by atoms with Crippen LogP contribution >= 0.6 is 0 Å². The minimum Gasteiger partial charge on any atom is -0.465 e. The Bertz CT molecular complexity index is 519. The third-order valence-corrected chi connectivity index (χ3v) is 3.07. The molecule has 0 aromatic carbocycles. The summed E-state index contributed by atoms with van der Waals surface area (Å²) in [5, 5.41) is 11.5. The van der Waals surface area contributed by atoms with Crippen LogP contribution in [0, 0.1) is 6.92 Å². The topological polar surface area (TPSA) is 59.1 Å². The lowest BCUT2D eigenvalue weighted by molar-refractivity contribution is 0.276. The second-order valence-electron chi connectivity index (χ2n) is 5.00. The van der Waals surface area contributed by atoms with Gasteiger partial charge >= 0.3 is 0 Å². The Hall–Kier alpha value is -1.66. The summed E-state index contributed by atoms with van der Waals surface area (Å²) < 4.78 is 7.46. The number of hydrogen-bond acceptors (Lipinski definition) is 5. The summed E-state index contributed by atoms with van der Waals surface area (Å²) in [5.74, 6) is 1.95. The van der Waals surface area contributed by atoms with Gasteiger partial charge in [-0.2, -0.15) is 0 Å². The molecule has 2 aromatic heterocycles. The predicted molar refractivity (Wildman–Crippen MR) is 77.2 cm³/mol. The second-order valence-corrected chi connectivity index (χ2v) is 5.00. The number of nitrogens with one attached hydrogen (secondary N) is 1. The van der Waals surface area contributed by atoms with Crippen molar-refractivity contribution < 1.29 is 4.42 Å². The number of hydrogen-bond donors (Lipinski definition) is 1. The molecule has 1 N–H and O–H groups in total. The standard InChI is InChI=1S/C14H23N5O/c1-4-15-9-13-10-19(17-16-13)8-7-18(3)11-14-6-5-12(2)20-14/h5-6,10,15H,4,7-9,11H2,1-3H3. The largest absolute Gasteiger partial charge is 0.465 e. The molecular weight excluding hydrogens is 254 g/mol. The molecule has 2 rings (SSSR count). The average molecular weight is 277 g/mol. The molecule has 6 nitrogen and oxygen atoms in total. The number of likely N-dealkylation sites (N-methyl/N-ethyl adjacent to an activating group) is 1. The summed E-state index contributed by atoms with van der Waals surface area (Å²) in [6.07, 6.45) is 1.99. The molecule has 110 valence electrons. The van der Waals surface area contributed by atoms with Crippen molar-refractivity contribution in [3.05, 3.63) is 35.5 Å². The predicted octanol–water partition coefficient (Wildman–Crippen LogP) is 1.42. The zero-order chi connectivity index (χ0) is 14.4. The van der Waals surface area contributed by atoms with E-state index in [9.17, 15) is 0 Å². The Labute approximate surface area is 119 Å². The normalized spacial score (nSPS) is 11.4. The smallest absolute Gasteiger partial charge is 0.118 e. The van der Waals surface area contributed by atoms with Gasteiger partial charge in [-0.3, -0.25) is 9.58 Å². The van der Waals surface area contributed by atoms with E-state index < -0.39 is 0 Å². The molecular formula is C14H23N5O. The van der Waals surface area contributed by atoms with E-state index in [4.69, 9.17) is 4.42 Å². The summed E-state index contributed by atoms with van der Waals surface area (Å²) in [7, 11) is 2.08. The van der Waals surface area contributed by atoms with Gasteiger partial charge in [-0.05, 0) is 32.6 Å². The van der Waals surface area contributed by atoms with E-state index in [-0.39, 0.29) is 0 Å². The first-order chi connectivity index (χ1) is 9.67. The van der Waals surface area contributed by atoms with Crippen molar-refractivity contribution >= 4 is 0 Å². The molecule has 2 heterocycles. The van der Waals surface area contributed by atoms with Gasteiger partial charge < -0.3 is 9.73 Å². The monoisotopic (exact) mass is 277 g/mol. The Kier molecular flexibility index (Phi) is 5.31. The zero-order valence-electron chi connectivity index (χ0n) is 12.5. The molecule has 0 amide bonds. The summed E-state index contributed by atoms with van der Waals surface area (Å²) in [6.45, 7) is 8.31. The molecule has 0 unspecified atom stereocenters. The summed E-state index contributed by atoms with van der Waals surface area (Å²) >= 11 is 0. The SMILES string of the molecule is CCNCc1cn(CCN(C)Cc2ccc(C)o2)nn1. The van der Waals surface area contributed by atoms with Crippen LogP contribution in [0.5, 0.6) is 0 Å². The Morgan fingerprint density at radius 2 is 2.25 bits per heavy atom. The van der Waals surface area contributed by atoms with Crippen molar-refractivity contribution in [2.75, 3.05) is 20.1 Å². The number of nitrogens with zero attached hydrogens (tertiary/aromatic N) is 4. The molecule has 0 spiro atoms. The molecule has 0 aliphatic heterocycles. The molecule has 2 aromatic rings. The second kappa shape index (κ2) is 7.21. The minimum absolute atomic E-state index is 0.776. The van der Waals surface area contributed by atoms with Crippen molar-refractivity contribution in [2.45, 2.75) is 33.5 Å². The van der Waals surface area contributed by atoms with E-state index in [0.717, 1.165) is 49.9 Å². The quantitative estimate of drug-likeness (QED) is 0.791. The number of furan rings is 1. The van der Waals surface area contributed by atoms with Gasteiger partial charge in [-0.1, -0.05) is 12.1 Å². The van der Waals surface area contributed by atoms with Crippen LogP contribution in [0.3, 0.4) is 0 Å². The van der Waals surface area contributed by atoms with E-state index >= 15 is 0 Å². The third kappa shape index (κ3) is 4.47. The van der Waals surface area contributed by atoms with E-state index in [0.29, 0.717) is 0 Å². The third-order valence-electron chi connectivity index (χ3n) is 3.07. The average Bonchev–Trinajstić information content (AvgIpc) is 3.03. The lowest BCUT2D eigenvalue weighted by atomic mass is 10.4. The molecule has 0 aliphatic carbocycles. The van der Waals surface area contributed by atoms with Crippen LogP contribution in [-0.2, 0) is 19.6 Å². The van der Waals surface area contributed by atoms with Crippen molar-refractivity contribution in [3.8, 4) is 0 Å². The van der Waals surface area contributed by atoms with E-state index in [1.165, 1.54) is 0 Å². The first kappa shape index (κ1) is 14.7. The highest BCUT2D eigenvalue weighted by Crippen LogP contribution is 2.08. The van der Waals surface area contributed by atoms with Gasteiger partial charge in [0.05, 0.1) is 18.8 Å². The van der Waals surface area contributed by atoms with E-state index in [1.807, 2.05) is 29.9 Å². The van der Waals surface area contributed by atoms with Gasteiger partial charge in [0.1, 0.15) is 11.5 Å². The maximum absolute atomic E-state index is 5.57. The summed E-state index contributed by atoms with van der Waals surface area (Å²) in [6, 6.07) is 4.02. The van der Waals surface area contributed by atoms with Crippen LogP contribution in [-0.4, -0.2) is 40.0 Å². The van der Waals surface area contributed by atoms with Gasteiger partial charge in [0.15, 0.2) is 0 Å². The molecule has 0 fully saturated rings. The first-order valence-corrected chi connectivity index (χ1v) is 7.01. The van der Waals surface area contributed by atoms with Crippen molar-refractivity contribution in [3.63, 3.8) is 0 Å². The highest BCUT2D eigenvalue weighted by atomic mass is 16.3. The van der Waals surface area contributed by atoms with Crippen LogP contribution < -0.4 is 5.32 Å². The molecule has 0 atom stereocenters. The molecule has 0 aliphatic rings. The molecule has 0 bridgehead atoms. The van der Waals surface area contributed by atoms with Gasteiger partial charge in [0, 0.05) is 19.3 Å². The van der Waals surface area contributed by atoms with Crippen LogP contribution in [0.2, 0.25) is 0 Å².